The largest absolute Gasteiger partial charge is 0.395 e. The molecule has 1 aromatic carbocycles. The van der Waals surface area contributed by atoms with Crippen molar-refractivity contribution >= 4 is 31.9 Å². The van der Waals surface area contributed by atoms with Gasteiger partial charge in [-0.15, -0.1) is 0 Å². The normalized spacial score (nSPS) is 12.8. The lowest BCUT2D eigenvalue weighted by molar-refractivity contribution is 0.285. The zero-order chi connectivity index (χ0) is 11.3. The Hall–Kier alpha value is 0.0600. The SMILES string of the molecule is NCC(NCCO)c1ccc(Br)c(Br)c1. The lowest BCUT2D eigenvalue weighted by Gasteiger charge is -2.17. The monoisotopic (exact) mass is 336 g/mol. The second-order valence-corrected chi connectivity index (χ2v) is 4.85. The Bertz CT molecular complexity index is 320. The Labute approximate surface area is 106 Å². The van der Waals surface area contributed by atoms with Gasteiger partial charge in [-0.1, -0.05) is 6.07 Å². The molecule has 1 unspecified atom stereocenters. The molecule has 0 saturated heterocycles. The van der Waals surface area contributed by atoms with Gasteiger partial charge in [-0.3, -0.25) is 0 Å². The van der Waals surface area contributed by atoms with Gasteiger partial charge >= 0.3 is 0 Å². The molecule has 0 saturated carbocycles. The molecular weight excluding hydrogens is 324 g/mol. The summed E-state index contributed by atoms with van der Waals surface area (Å²) in [7, 11) is 0. The maximum absolute atomic E-state index is 8.74. The molecule has 1 rings (SSSR count). The molecule has 15 heavy (non-hydrogen) atoms. The van der Waals surface area contributed by atoms with Gasteiger partial charge < -0.3 is 16.2 Å². The number of aliphatic hydroxyl groups excluding tert-OH is 1. The van der Waals surface area contributed by atoms with Crippen LogP contribution in [0.2, 0.25) is 0 Å². The van der Waals surface area contributed by atoms with Crippen LogP contribution >= 0.6 is 31.9 Å². The van der Waals surface area contributed by atoms with Gasteiger partial charge in [0.25, 0.3) is 0 Å². The average Bonchev–Trinajstić information content (AvgIpc) is 2.24. The summed E-state index contributed by atoms with van der Waals surface area (Å²) in [6.07, 6.45) is 0. The van der Waals surface area contributed by atoms with E-state index in [0.717, 1.165) is 14.5 Å². The van der Waals surface area contributed by atoms with Crippen LogP contribution in [0.1, 0.15) is 11.6 Å². The van der Waals surface area contributed by atoms with Crippen molar-refractivity contribution < 1.29 is 5.11 Å². The van der Waals surface area contributed by atoms with Crippen molar-refractivity contribution in [3.05, 3.63) is 32.7 Å². The predicted molar refractivity (Wildman–Crippen MR) is 68.7 cm³/mol. The second-order valence-electron chi connectivity index (χ2n) is 3.14. The summed E-state index contributed by atoms with van der Waals surface area (Å²) >= 11 is 6.86. The van der Waals surface area contributed by atoms with Crippen molar-refractivity contribution in [3.63, 3.8) is 0 Å². The predicted octanol–water partition coefficient (Wildman–Crippen LogP) is 1.79. The van der Waals surface area contributed by atoms with E-state index >= 15 is 0 Å². The lowest BCUT2D eigenvalue weighted by Crippen LogP contribution is -2.30. The number of nitrogens with one attached hydrogen (secondary N) is 1. The van der Waals surface area contributed by atoms with Crippen LogP contribution in [0.4, 0.5) is 0 Å². The van der Waals surface area contributed by atoms with Gasteiger partial charge in [0.15, 0.2) is 0 Å². The summed E-state index contributed by atoms with van der Waals surface area (Å²) in [5.41, 5.74) is 6.77. The van der Waals surface area contributed by atoms with Crippen LogP contribution in [0.25, 0.3) is 0 Å². The summed E-state index contributed by atoms with van der Waals surface area (Å²) in [5, 5.41) is 11.9. The molecule has 0 spiro atoms. The van der Waals surface area contributed by atoms with Gasteiger partial charge in [0.05, 0.1) is 6.61 Å². The third kappa shape index (κ3) is 3.85. The fourth-order valence-electron chi connectivity index (χ4n) is 1.31. The Kier molecular flexibility index (Phi) is 5.78. The van der Waals surface area contributed by atoms with E-state index in [1.807, 2.05) is 18.2 Å². The molecule has 84 valence electrons. The van der Waals surface area contributed by atoms with Gasteiger partial charge in [0.2, 0.25) is 0 Å². The molecule has 0 amide bonds. The molecule has 0 heterocycles. The van der Waals surface area contributed by atoms with Crippen molar-refractivity contribution in [2.24, 2.45) is 5.73 Å². The highest BCUT2D eigenvalue weighted by atomic mass is 79.9. The summed E-state index contributed by atoms with van der Waals surface area (Å²) in [6, 6.07) is 6.09. The first-order valence-electron chi connectivity index (χ1n) is 4.68. The van der Waals surface area contributed by atoms with Crippen LogP contribution in [0.3, 0.4) is 0 Å². The van der Waals surface area contributed by atoms with E-state index in [1.165, 1.54) is 0 Å². The van der Waals surface area contributed by atoms with Crippen LogP contribution in [-0.4, -0.2) is 24.8 Å². The van der Waals surface area contributed by atoms with Crippen LogP contribution in [0, 0.1) is 0 Å². The highest BCUT2D eigenvalue weighted by molar-refractivity contribution is 9.13. The molecule has 0 fully saturated rings. The van der Waals surface area contributed by atoms with Gasteiger partial charge in [-0.25, -0.2) is 0 Å². The van der Waals surface area contributed by atoms with Crippen LogP contribution in [0.15, 0.2) is 27.1 Å². The topological polar surface area (TPSA) is 58.3 Å². The quantitative estimate of drug-likeness (QED) is 0.767. The number of halogens is 2. The standard InChI is InChI=1S/C10H14Br2N2O/c11-8-2-1-7(5-9(8)12)10(6-13)14-3-4-15/h1-2,5,10,14-15H,3-4,6,13H2. The fraction of sp³-hybridized carbons (Fsp3) is 0.400. The van der Waals surface area contributed by atoms with E-state index in [1.54, 1.807) is 0 Å². The molecule has 0 aliphatic rings. The summed E-state index contributed by atoms with van der Waals surface area (Å²) in [4.78, 5) is 0. The zero-order valence-corrected chi connectivity index (χ0v) is 11.4. The Morgan fingerprint density at radius 3 is 2.60 bits per heavy atom. The maximum atomic E-state index is 8.74. The molecule has 0 radical (unpaired) electrons. The van der Waals surface area contributed by atoms with E-state index in [-0.39, 0.29) is 12.6 Å². The van der Waals surface area contributed by atoms with Gasteiger partial charge in [-0.05, 0) is 49.6 Å². The molecule has 1 aromatic rings. The third-order valence-electron chi connectivity index (χ3n) is 2.08. The Morgan fingerprint density at radius 1 is 1.33 bits per heavy atom. The smallest absolute Gasteiger partial charge is 0.0556 e. The first kappa shape index (κ1) is 13.1. The highest BCUT2D eigenvalue weighted by Crippen LogP contribution is 2.26. The summed E-state index contributed by atoms with van der Waals surface area (Å²) < 4.78 is 2.02. The van der Waals surface area contributed by atoms with Crippen molar-refractivity contribution in [2.45, 2.75) is 6.04 Å². The Balaban J connectivity index is 2.78. The molecule has 0 aliphatic carbocycles. The molecule has 5 heteroatoms. The number of hydrogen-bond acceptors (Lipinski definition) is 3. The number of hydrogen-bond donors (Lipinski definition) is 3. The fourth-order valence-corrected chi connectivity index (χ4v) is 1.95. The van der Waals surface area contributed by atoms with E-state index in [4.69, 9.17) is 10.8 Å². The molecular formula is C10H14Br2N2O. The Morgan fingerprint density at radius 2 is 2.07 bits per heavy atom. The third-order valence-corrected chi connectivity index (χ3v) is 3.96. The van der Waals surface area contributed by atoms with Gasteiger partial charge in [0, 0.05) is 28.1 Å². The van der Waals surface area contributed by atoms with Crippen molar-refractivity contribution in [1.29, 1.82) is 0 Å². The van der Waals surface area contributed by atoms with Crippen LogP contribution in [-0.2, 0) is 0 Å². The molecule has 3 nitrogen and oxygen atoms in total. The number of benzene rings is 1. The highest BCUT2D eigenvalue weighted by Gasteiger charge is 2.09. The molecule has 0 bridgehead atoms. The molecule has 0 aliphatic heterocycles. The maximum Gasteiger partial charge on any atom is 0.0556 e. The molecule has 4 N–H and O–H groups in total. The first-order valence-corrected chi connectivity index (χ1v) is 6.27. The zero-order valence-electron chi connectivity index (χ0n) is 8.21. The van der Waals surface area contributed by atoms with E-state index in [0.29, 0.717) is 13.1 Å². The number of rotatable bonds is 5. The first-order chi connectivity index (χ1) is 7.19. The van der Waals surface area contributed by atoms with Crippen molar-refractivity contribution in [3.8, 4) is 0 Å². The van der Waals surface area contributed by atoms with Gasteiger partial charge in [-0.2, -0.15) is 0 Å². The van der Waals surface area contributed by atoms with E-state index in [2.05, 4.69) is 37.2 Å². The average molecular weight is 338 g/mol. The minimum atomic E-state index is 0.0848. The number of nitrogens with two attached hydrogens (primary N) is 1. The number of aliphatic hydroxyl groups is 1. The molecule has 0 aromatic heterocycles. The van der Waals surface area contributed by atoms with Gasteiger partial charge in [0.1, 0.15) is 0 Å². The minimum absolute atomic E-state index is 0.0848. The second kappa shape index (κ2) is 6.60. The summed E-state index contributed by atoms with van der Waals surface area (Å²) in [6.45, 7) is 1.18. The van der Waals surface area contributed by atoms with E-state index < -0.39 is 0 Å². The van der Waals surface area contributed by atoms with E-state index in [9.17, 15) is 0 Å². The van der Waals surface area contributed by atoms with Crippen LogP contribution in [0.5, 0.6) is 0 Å². The van der Waals surface area contributed by atoms with Crippen molar-refractivity contribution in [2.75, 3.05) is 19.7 Å². The molecule has 1 atom stereocenters. The van der Waals surface area contributed by atoms with Crippen molar-refractivity contribution in [1.82, 2.24) is 5.32 Å². The lowest BCUT2D eigenvalue weighted by atomic mass is 10.1. The summed E-state index contributed by atoms with van der Waals surface area (Å²) in [5.74, 6) is 0. The minimum Gasteiger partial charge on any atom is -0.395 e. The van der Waals surface area contributed by atoms with Crippen LogP contribution < -0.4 is 11.1 Å².